The Bertz CT molecular complexity index is 730. The van der Waals surface area contributed by atoms with Crippen molar-refractivity contribution in [3.63, 3.8) is 0 Å². The molecule has 0 aromatic heterocycles. The second-order valence-electron chi connectivity index (χ2n) is 5.09. The van der Waals surface area contributed by atoms with Gasteiger partial charge in [-0.1, -0.05) is 18.5 Å². The standard InChI is InChI=1S/C17H16Br2ClNO3/c1-2-5-24-16-12(18)6-10(7-13(16)19)9-21-15-8-11(17(22)23)3-4-14(15)20/h3-4,6-8,21H,2,5,9H2,1H3,(H,22,23). The predicted octanol–water partition coefficient (Wildman–Crippen LogP) is 5.96. The van der Waals surface area contributed by atoms with Gasteiger partial charge in [-0.15, -0.1) is 0 Å². The SMILES string of the molecule is CCCOc1c(Br)cc(CNc2cc(C(=O)O)ccc2Cl)cc1Br. The zero-order chi connectivity index (χ0) is 17.7. The molecule has 0 amide bonds. The molecule has 0 bridgehead atoms. The molecule has 24 heavy (non-hydrogen) atoms. The van der Waals surface area contributed by atoms with Gasteiger partial charge in [-0.2, -0.15) is 0 Å². The molecule has 0 radical (unpaired) electrons. The number of nitrogens with one attached hydrogen (secondary N) is 1. The Balaban J connectivity index is 2.15. The number of aromatic carboxylic acids is 1. The molecule has 0 unspecified atom stereocenters. The zero-order valence-corrected chi connectivity index (χ0v) is 16.8. The first-order valence-corrected chi connectivity index (χ1v) is 9.26. The van der Waals surface area contributed by atoms with Crippen LogP contribution < -0.4 is 10.1 Å². The van der Waals surface area contributed by atoms with E-state index < -0.39 is 5.97 Å². The lowest BCUT2D eigenvalue weighted by Gasteiger charge is -2.13. The van der Waals surface area contributed by atoms with E-state index in [1.54, 1.807) is 6.07 Å². The van der Waals surface area contributed by atoms with Gasteiger partial charge in [0.1, 0.15) is 5.75 Å². The van der Waals surface area contributed by atoms with Gasteiger partial charge in [0.15, 0.2) is 0 Å². The fourth-order valence-electron chi connectivity index (χ4n) is 2.05. The van der Waals surface area contributed by atoms with Crippen molar-refractivity contribution < 1.29 is 14.6 Å². The highest BCUT2D eigenvalue weighted by Crippen LogP contribution is 2.35. The first kappa shape index (κ1) is 19.1. The van der Waals surface area contributed by atoms with Crippen LogP contribution >= 0.6 is 43.5 Å². The Morgan fingerprint density at radius 1 is 1.25 bits per heavy atom. The molecule has 0 heterocycles. The van der Waals surface area contributed by atoms with Crippen molar-refractivity contribution >= 4 is 55.1 Å². The van der Waals surface area contributed by atoms with Gasteiger partial charge in [0.2, 0.25) is 0 Å². The summed E-state index contributed by atoms with van der Waals surface area (Å²) in [7, 11) is 0. The highest BCUT2D eigenvalue weighted by molar-refractivity contribution is 9.11. The van der Waals surface area contributed by atoms with Crippen molar-refractivity contribution in [1.82, 2.24) is 0 Å². The van der Waals surface area contributed by atoms with E-state index in [1.165, 1.54) is 12.1 Å². The Morgan fingerprint density at radius 2 is 1.92 bits per heavy atom. The number of carboxylic acid groups (broad SMARTS) is 1. The maximum absolute atomic E-state index is 11.1. The third-order valence-electron chi connectivity index (χ3n) is 3.20. The topological polar surface area (TPSA) is 58.6 Å². The van der Waals surface area contributed by atoms with Crippen molar-refractivity contribution in [2.75, 3.05) is 11.9 Å². The number of rotatable bonds is 7. The van der Waals surface area contributed by atoms with Crippen LogP contribution in [0.1, 0.15) is 29.3 Å². The molecule has 0 aliphatic rings. The van der Waals surface area contributed by atoms with Crippen LogP contribution in [0, 0.1) is 0 Å². The first-order valence-electron chi connectivity index (χ1n) is 7.29. The zero-order valence-electron chi connectivity index (χ0n) is 12.9. The normalized spacial score (nSPS) is 10.5. The largest absolute Gasteiger partial charge is 0.491 e. The Morgan fingerprint density at radius 3 is 2.50 bits per heavy atom. The lowest BCUT2D eigenvalue weighted by atomic mass is 10.2. The molecule has 0 aliphatic carbocycles. The predicted molar refractivity (Wildman–Crippen MR) is 103 cm³/mol. The molecule has 0 saturated heterocycles. The fraction of sp³-hybridized carbons (Fsp3) is 0.235. The highest BCUT2D eigenvalue weighted by Gasteiger charge is 2.10. The number of benzene rings is 2. The molecule has 2 N–H and O–H groups in total. The molecule has 2 rings (SSSR count). The minimum absolute atomic E-state index is 0.188. The summed E-state index contributed by atoms with van der Waals surface area (Å²) < 4.78 is 7.40. The smallest absolute Gasteiger partial charge is 0.335 e. The van der Waals surface area contributed by atoms with Crippen LogP contribution in [0.2, 0.25) is 5.02 Å². The molecule has 4 nitrogen and oxygen atoms in total. The number of carboxylic acids is 1. The molecule has 0 saturated carbocycles. The lowest BCUT2D eigenvalue weighted by molar-refractivity contribution is 0.0697. The minimum Gasteiger partial charge on any atom is -0.491 e. The van der Waals surface area contributed by atoms with E-state index in [0.29, 0.717) is 23.9 Å². The van der Waals surface area contributed by atoms with Crippen molar-refractivity contribution in [1.29, 1.82) is 0 Å². The van der Waals surface area contributed by atoms with Gasteiger partial charge in [0.25, 0.3) is 0 Å². The molecular formula is C17H16Br2ClNO3. The van der Waals surface area contributed by atoms with Gasteiger partial charge >= 0.3 is 5.97 Å². The van der Waals surface area contributed by atoms with Gasteiger partial charge in [-0.3, -0.25) is 0 Å². The van der Waals surface area contributed by atoms with E-state index >= 15 is 0 Å². The summed E-state index contributed by atoms with van der Waals surface area (Å²) in [5.41, 5.74) is 1.76. The Hall–Kier alpha value is -1.24. The van der Waals surface area contributed by atoms with Crippen LogP contribution in [0.25, 0.3) is 0 Å². The summed E-state index contributed by atoms with van der Waals surface area (Å²) in [6.45, 7) is 3.19. The van der Waals surface area contributed by atoms with Crippen LogP contribution in [0.4, 0.5) is 5.69 Å². The number of ether oxygens (including phenoxy) is 1. The van der Waals surface area contributed by atoms with Crippen LogP contribution in [0.5, 0.6) is 5.75 Å². The molecule has 2 aromatic rings. The maximum Gasteiger partial charge on any atom is 0.335 e. The van der Waals surface area contributed by atoms with Gasteiger partial charge in [0.05, 0.1) is 31.8 Å². The number of hydrogen-bond donors (Lipinski definition) is 2. The third-order valence-corrected chi connectivity index (χ3v) is 4.71. The van der Waals surface area contributed by atoms with E-state index in [2.05, 4.69) is 44.1 Å². The quantitative estimate of drug-likeness (QED) is 0.516. The monoisotopic (exact) mass is 475 g/mol. The van der Waals surface area contributed by atoms with Gasteiger partial charge < -0.3 is 15.2 Å². The van der Waals surface area contributed by atoms with E-state index in [1.807, 2.05) is 12.1 Å². The summed E-state index contributed by atoms with van der Waals surface area (Å²) in [6, 6.07) is 8.48. The molecule has 0 fully saturated rings. The Kier molecular flexibility index (Phi) is 6.95. The van der Waals surface area contributed by atoms with Gasteiger partial charge in [0, 0.05) is 6.54 Å². The molecule has 0 atom stereocenters. The number of halogens is 3. The van der Waals surface area contributed by atoms with E-state index in [9.17, 15) is 4.79 Å². The second kappa shape index (κ2) is 8.74. The van der Waals surface area contributed by atoms with Crippen molar-refractivity contribution in [2.24, 2.45) is 0 Å². The van der Waals surface area contributed by atoms with Crippen LogP contribution in [0.3, 0.4) is 0 Å². The molecule has 7 heteroatoms. The summed E-state index contributed by atoms with van der Waals surface area (Å²) in [5, 5.41) is 12.7. The lowest BCUT2D eigenvalue weighted by Crippen LogP contribution is -2.04. The summed E-state index contributed by atoms with van der Waals surface area (Å²) >= 11 is 13.1. The van der Waals surface area contributed by atoms with E-state index in [-0.39, 0.29) is 5.56 Å². The average Bonchev–Trinajstić information content (AvgIpc) is 2.53. The number of hydrogen-bond acceptors (Lipinski definition) is 3. The maximum atomic E-state index is 11.1. The molecular weight excluding hydrogens is 461 g/mol. The number of carbonyl (C=O) groups is 1. The molecule has 0 spiro atoms. The summed E-state index contributed by atoms with van der Waals surface area (Å²) in [4.78, 5) is 11.1. The average molecular weight is 478 g/mol. The summed E-state index contributed by atoms with van der Waals surface area (Å²) in [6.07, 6.45) is 0.931. The van der Waals surface area contributed by atoms with E-state index in [4.69, 9.17) is 21.4 Å². The molecule has 128 valence electrons. The molecule has 0 aliphatic heterocycles. The van der Waals surface area contributed by atoms with Crippen LogP contribution in [-0.4, -0.2) is 17.7 Å². The fourth-order valence-corrected chi connectivity index (χ4v) is 3.74. The minimum atomic E-state index is -0.988. The van der Waals surface area contributed by atoms with Gasteiger partial charge in [-0.05, 0) is 74.2 Å². The van der Waals surface area contributed by atoms with Crippen LogP contribution in [0.15, 0.2) is 39.3 Å². The van der Waals surface area contributed by atoms with Crippen molar-refractivity contribution in [3.05, 3.63) is 55.4 Å². The second-order valence-corrected chi connectivity index (χ2v) is 7.21. The van der Waals surface area contributed by atoms with Crippen LogP contribution in [-0.2, 0) is 6.54 Å². The van der Waals surface area contributed by atoms with Crippen molar-refractivity contribution in [2.45, 2.75) is 19.9 Å². The first-order chi connectivity index (χ1) is 11.4. The third kappa shape index (κ3) is 4.88. The number of anilines is 1. The van der Waals surface area contributed by atoms with E-state index in [0.717, 1.165) is 26.7 Å². The van der Waals surface area contributed by atoms with Crippen molar-refractivity contribution in [3.8, 4) is 5.75 Å². The Labute approximate surface area is 162 Å². The molecule has 2 aromatic carbocycles. The highest BCUT2D eigenvalue weighted by atomic mass is 79.9. The van der Waals surface area contributed by atoms with Gasteiger partial charge in [-0.25, -0.2) is 4.79 Å². The summed E-state index contributed by atoms with van der Waals surface area (Å²) in [5.74, 6) is -0.218.